The molecule has 0 radical (unpaired) electrons. The molecule has 1 aliphatic rings. The van der Waals surface area contributed by atoms with Crippen LogP contribution < -0.4 is 15.4 Å². The minimum Gasteiger partial charge on any atom is -0.495 e. The van der Waals surface area contributed by atoms with Crippen LogP contribution in [0.4, 0.5) is 5.69 Å². The summed E-state index contributed by atoms with van der Waals surface area (Å²) in [5.41, 5.74) is 1.29. The number of rotatable bonds is 7. The van der Waals surface area contributed by atoms with Gasteiger partial charge in [-0.05, 0) is 57.5 Å². The van der Waals surface area contributed by atoms with Gasteiger partial charge in [-0.25, -0.2) is 0 Å². The first-order valence-electron chi connectivity index (χ1n) is 11.6. The Morgan fingerprint density at radius 2 is 1.79 bits per heavy atom. The molecular formula is C26H35ClN4O3. The van der Waals surface area contributed by atoms with Crippen molar-refractivity contribution < 1.29 is 14.3 Å². The lowest BCUT2D eigenvalue weighted by molar-refractivity contribution is -0.124. The van der Waals surface area contributed by atoms with Crippen molar-refractivity contribution in [2.24, 2.45) is 0 Å². The first kappa shape index (κ1) is 26.0. The number of anilines is 1. The van der Waals surface area contributed by atoms with E-state index in [4.69, 9.17) is 16.3 Å². The Morgan fingerprint density at radius 3 is 2.44 bits per heavy atom. The van der Waals surface area contributed by atoms with Gasteiger partial charge in [-0.15, -0.1) is 0 Å². The number of benzene rings is 2. The summed E-state index contributed by atoms with van der Waals surface area (Å²) in [4.78, 5) is 30.3. The van der Waals surface area contributed by atoms with E-state index in [9.17, 15) is 9.59 Å². The molecule has 0 saturated carbocycles. The van der Waals surface area contributed by atoms with Crippen LogP contribution in [-0.4, -0.2) is 67.0 Å². The van der Waals surface area contributed by atoms with E-state index in [1.807, 2.05) is 51.1 Å². The second kappa shape index (κ2) is 11.7. The van der Waals surface area contributed by atoms with Gasteiger partial charge in [0.25, 0.3) is 0 Å². The quantitative estimate of drug-likeness (QED) is 0.620. The van der Waals surface area contributed by atoms with Gasteiger partial charge in [0.05, 0.1) is 18.7 Å². The van der Waals surface area contributed by atoms with Gasteiger partial charge in [0.1, 0.15) is 11.8 Å². The summed E-state index contributed by atoms with van der Waals surface area (Å²) in [6.45, 7) is 9.26. The van der Waals surface area contributed by atoms with E-state index >= 15 is 0 Å². The van der Waals surface area contributed by atoms with Gasteiger partial charge in [0.2, 0.25) is 11.8 Å². The average Bonchev–Trinajstić information content (AvgIpc) is 2.99. The SMILES string of the molecule is COc1ccc(NC(=O)C(c2ccccc2)N2CCCN(CC(=O)NC(C)(C)C)CC2)cc1Cl. The van der Waals surface area contributed by atoms with Crippen molar-refractivity contribution in [3.8, 4) is 5.75 Å². The van der Waals surface area contributed by atoms with E-state index in [2.05, 4.69) is 20.4 Å². The number of carbonyl (C=O) groups is 2. The monoisotopic (exact) mass is 486 g/mol. The van der Waals surface area contributed by atoms with E-state index in [1.54, 1.807) is 25.3 Å². The first-order chi connectivity index (χ1) is 16.2. The predicted octanol–water partition coefficient (Wildman–Crippen LogP) is 3.95. The number of halogens is 1. The van der Waals surface area contributed by atoms with Gasteiger partial charge < -0.3 is 15.4 Å². The molecule has 34 heavy (non-hydrogen) atoms. The number of hydrogen-bond acceptors (Lipinski definition) is 5. The number of carbonyl (C=O) groups excluding carboxylic acids is 2. The first-order valence-corrected chi connectivity index (χ1v) is 12.0. The Kier molecular flexibility index (Phi) is 8.94. The van der Waals surface area contributed by atoms with E-state index in [0.717, 1.165) is 25.1 Å². The van der Waals surface area contributed by atoms with Crippen LogP contribution in [0.25, 0.3) is 0 Å². The fourth-order valence-corrected chi connectivity index (χ4v) is 4.44. The van der Waals surface area contributed by atoms with Crippen LogP contribution in [0.3, 0.4) is 0 Å². The van der Waals surface area contributed by atoms with Crippen molar-refractivity contribution >= 4 is 29.1 Å². The van der Waals surface area contributed by atoms with Gasteiger partial charge in [-0.2, -0.15) is 0 Å². The highest BCUT2D eigenvalue weighted by atomic mass is 35.5. The van der Waals surface area contributed by atoms with Crippen molar-refractivity contribution in [2.75, 3.05) is 45.2 Å². The number of nitrogens with zero attached hydrogens (tertiary/aromatic N) is 2. The molecule has 1 atom stereocenters. The molecule has 2 aromatic rings. The van der Waals surface area contributed by atoms with Crippen LogP contribution in [0.1, 0.15) is 38.8 Å². The highest BCUT2D eigenvalue weighted by Crippen LogP contribution is 2.29. The van der Waals surface area contributed by atoms with Crippen LogP contribution >= 0.6 is 11.6 Å². The smallest absolute Gasteiger partial charge is 0.246 e. The van der Waals surface area contributed by atoms with Crippen LogP contribution in [0.2, 0.25) is 5.02 Å². The number of methoxy groups -OCH3 is 1. The maximum atomic E-state index is 13.5. The summed E-state index contributed by atoms with van der Waals surface area (Å²) in [6, 6.07) is 14.5. The largest absolute Gasteiger partial charge is 0.495 e. The molecule has 1 heterocycles. The normalized spacial score (nSPS) is 16.4. The lowest BCUT2D eigenvalue weighted by Crippen LogP contribution is -2.46. The Labute approximate surface area is 207 Å². The molecule has 1 saturated heterocycles. The fraction of sp³-hybridized carbons (Fsp3) is 0.462. The molecule has 1 fully saturated rings. The Bertz CT molecular complexity index is 978. The number of nitrogens with one attached hydrogen (secondary N) is 2. The maximum Gasteiger partial charge on any atom is 0.246 e. The highest BCUT2D eigenvalue weighted by Gasteiger charge is 2.30. The molecule has 2 N–H and O–H groups in total. The molecule has 184 valence electrons. The molecule has 7 nitrogen and oxygen atoms in total. The second-order valence-corrected chi connectivity index (χ2v) is 10.0. The second-order valence-electron chi connectivity index (χ2n) is 9.62. The zero-order valence-electron chi connectivity index (χ0n) is 20.4. The lowest BCUT2D eigenvalue weighted by atomic mass is 10.0. The van der Waals surface area contributed by atoms with Gasteiger partial charge in [0, 0.05) is 30.9 Å². The zero-order chi connectivity index (χ0) is 24.7. The van der Waals surface area contributed by atoms with Crippen LogP contribution in [0.5, 0.6) is 5.75 Å². The third-order valence-corrected chi connectivity index (χ3v) is 5.95. The van der Waals surface area contributed by atoms with Crippen molar-refractivity contribution in [2.45, 2.75) is 38.8 Å². The minimum absolute atomic E-state index is 0.0229. The standard InChI is InChI=1S/C26H35ClN4O3/c1-26(2,3)29-23(32)18-30-13-8-14-31(16-15-30)24(19-9-6-5-7-10-19)25(33)28-20-11-12-22(34-4)21(27)17-20/h5-7,9-12,17,24H,8,13-16,18H2,1-4H3,(H,28,33)(H,29,32). The molecule has 1 aliphatic heterocycles. The summed E-state index contributed by atoms with van der Waals surface area (Å²) in [5.74, 6) is 0.462. The lowest BCUT2D eigenvalue weighted by Gasteiger charge is -2.30. The van der Waals surface area contributed by atoms with Crippen molar-refractivity contribution in [3.63, 3.8) is 0 Å². The molecule has 0 spiro atoms. The third kappa shape index (κ3) is 7.45. The average molecular weight is 487 g/mol. The summed E-state index contributed by atoms with van der Waals surface area (Å²) < 4.78 is 5.21. The van der Waals surface area contributed by atoms with Crippen LogP contribution in [-0.2, 0) is 9.59 Å². The summed E-state index contributed by atoms with van der Waals surface area (Å²) in [5, 5.41) is 6.49. The maximum absolute atomic E-state index is 13.5. The fourth-order valence-electron chi connectivity index (χ4n) is 4.19. The van der Waals surface area contributed by atoms with Gasteiger partial charge in [-0.1, -0.05) is 41.9 Å². The van der Waals surface area contributed by atoms with Crippen molar-refractivity contribution in [1.29, 1.82) is 0 Å². The molecule has 2 aromatic carbocycles. The van der Waals surface area contributed by atoms with E-state index in [1.165, 1.54) is 0 Å². The summed E-state index contributed by atoms with van der Waals surface area (Å²) >= 11 is 6.25. The summed E-state index contributed by atoms with van der Waals surface area (Å²) in [6.07, 6.45) is 0.869. The highest BCUT2D eigenvalue weighted by molar-refractivity contribution is 6.32. The van der Waals surface area contributed by atoms with Crippen LogP contribution in [0, 0.1) is 0 Å². The van der Waals surface area contributed by atoms with E-state index in [-0.39, 0.29) is 17.4 Å². The Morgan fingerprint density at radius 1 is 1.06 bits per heavy atom. The number of ether oxygens (including phenoxy) is 1. The number of amides is 2. The van der Waals surface area contributed by atoms with Crippen molar-refractivity contribution in [3.05, 3.63) is 59.1 Å². The van der Waals surface area contributed by atoms with Gasteiger partial charge in [0.15, 0.2) is 0 Å². The predicted molar refractivity (Wildman–Crippen MR) is 136 cm³/mol. The Balaban J connectivity index is 1.73. The van der Waals surface area contributed by atoms with Crippen molar-refractivity contribution in [1.82, 2.24) is 15.1 Å². The molecule has 2 amide bonds. The minimum atomic E-state index is -0.453. The molecule has 0 bridgehead atoms. The molecular weight excluding hydrogens is 452 g/mol. The Hall–Kier alpha value is -2.61. The molecule has 0 aromatic heterocycles. The number of hydrogen-bond donors (Lipinski definition) is 2. The van der Waals surface area contributed by atoms with Gasteiger partial charge in [-0.3, -0.25) is 19.4 Å². The molecule has 0 aliphatic carbocycles. The molecule has 3 rings (SSSR count). The van der Waals surface area contributed by atoms with Gasteiger partial charge >= 0.3 is 0 Å². The molecule has 8 heteroatoms. The molecule has 1 unspecified atom stereocenters. The zero-order valence-corrected chi connectivity index (χ0v) is 21.2. The van der Waals surface area contributed by atoms with E-state index in [0.29, 0.717) is 36.1 Å². The summed E-state index contributed by atoms with van der Waals surface area (Å²) in [7, 11) is 1.56. The van der Waals surface area contributed by atoms with Crippen LogP contribution in [0.15, 0.2) is 48.5 Å². The van der Waals surface area contributed by atoms with E-state index < -0.39 is 6.04 Å². The topological polar surface area (TPSA) is 73.9 Å². The third-order valence-electron chi connectivity index (χ3n) is 5.65.